The maximum absolute atomic E-state index is 13.7. The zero-order chi connectivity index (χ0) is 25.0. The molecule has 1 N–H and O–H groups in total. The lowest BCUT2D eigenvalue weighted by Crippen LogP contribution is -2.50. The van der Waals surface area contributed by atoms with Crippen LogP contribution in [0.15, 0.2) is 83.3 Å². The number of nitrogens with zero attached hydrogens (tertiary/aromatic N) is 1. The Labute approximate surface area is 217 Å². The zero-order valence-corrected chi connectivity index (χ0v) is 22.3. The summed E-state index contributed by atoms with van der Waals surface area (Å²) >= 11 is 3.54. The highest BCUT2D eigenvalue weighted by molar-refractivity contribution is 9.10. The molecular weight excluding hydrogens is 500 g/mol. The summed E-state index contributed by atoms with van der Waals surface area (Å²) < 4.78 is 0.953. The molecule has 1 atom stereocenters. The van der Waals surface area contributed by atoms with E-state index in [2.05, 4.69) is 59.4 Å². The molecule has 0 saturated heterocycles. The average molecular weight is 536 g/mol. The van der Waals surface area contributed by atoms with Gasteiger partial charge >= 0.3 is 0 Å². The Hall–Kier alpha value is -2.92. The molecule has 0 unspecified atom stereocenters. The number of hydrogen-bond donors (Lipinski definition) is 1. The molecule has 5 heteroatoms. The number of amides is 2. The Morgan fingerprint density at radius 2 is 1.63 bits per heavy atom. The minimum absolute atomic E-state index is 0.0166. The molecule has 0 aliphatic carbocycles. The SMILES string of the molecule is CCCCNC(=O)[C@@H](Cc1ccccc1)N(Cc1cccc(Br)c1)C(=O)CCc1ccc(C)cc1. The first kappa shape index (κ1) is 26.7. The van der Waals surface area contributed by atoms with Crippen molar-refractivity contribution in [2.75, 3.05) is 6.54 Å². The van der Waals surface area contributed by atoms with Crippen molar-refractivity contribution in [2.24, 2.45) is 0 Å². The fourth-order valence-electron chi connectivity index (χ4n) is 4.04. The van der Waals surface area contributed by atoms with Crippen molar-refractivity contribution in [3.8, 4) is 0 Å². The molecular formula is C30H35BrN2O2. The number of carbonyl (C=O) groups excluding carboxylic acids is 2. The quantitative estimate of drug-likeness (QED) is 0.279. The molecule has 0 aromatic heterocycles. The van der Waals surface area contributed by atoms with E-state index in [1.54, 1.807) is 4.90 Å². The van der Waals surface area contributed by atoms with Gasteiger partial charge in [0, 0.05) is 30.4 Å². The van der Waals surface area contributed by atoms with E-state index in [0.29, 0.717) is 32.4 Å². The predicted molar refractivity (Wildman–Crippen MR) is 146 cm³/mol. The molecule has 3 aromatic rings. The van der Waals surface area contributed by atoms with Crippen molar-refractivity contribution in [3.05, 3.63) is 106 Å². The van der Waals surface area contributed by atoms with Crippen molar-refractivity contribution in [1.29, 1.82) is 0 Å². The van der Waals surface area contributed by atoms with Crippen LogP contribution in [0.1, 0.15) is 48.4 Å². The molecule has 0 aliphatic heterocycles. The van der Waals surface area contributed by atoms with Gasteiger partial charge in [-0.25, -0.2) is 0 Å². The van der Waals surface area contributed by atoms with E-state index in [4.69, 9.17) is 0 Å². The molecule has 0 saturated carbocycles. The molecule has 3 rings (SSSR count). The highest BCUT2D eigenvalue weighted by atomic mass is 79.9. The van der Waals surface area contributed by atoms with Gasteiger partial charge in [0.2, 0.25) is 11.8 Å². The summed E-state index contributed by atoms with van der Waals surface area (Å²) in [6, 6.07) is 25.6. The van der Waals surface area contributed by atoms with E-state index in [1.807, 2.05) is 54.6 Å². The molecule has 35 heavy (non-hydrogen) atoms. The van der Waals surface area contributed by atoms with E-state index in [0.717, 1.165) is 34.0 Å². The van der Waals surface area contributed by atoms with E-state index in [-0.39, 0.29) is 11.8 Å². The fourth-order valence-corrected chi connectivity index (χ4v) is 4.49. The number of aryl methyl sites for hydroxylation is 2. The van der Waals surface area contributed by atoms with Gasteiger partial charge in [-0.3, -0.25) is 9.59 Å². The predicted octanol–water partition coefficient (Wildman–Crippen LogP) is 6.25. The van der Waals surface area contributed by atoms with Crippen molar-refractivity contribution in [1.82, 2.24) is 10.2 Å². The van der Waals surface area contributed by atoms with Crippen molar-refractivity contribution < 1.29 is 9.59 Å². The van der Waals surface area contributed by atoms with Gasteiger partial charge in [-0.1, -0.05) is 102 Å². The van der Waals surface area contributed by atoms with Crippen LogP contribution in [0.25, 0.3) is 0 Å². The van der Waals surface area contributed by atoms with Crippen LogP contribution in [0.4, 0.5) is 0 Å². The molecule has 0 aliphatic rings. The van der Waals surface area contributed by atoms with Crippen LogP contribution in [0.5, 0.6) is 0 Å². The standard InChI is InChI=1S/C30H35BrN2O2/c1-3-4-19-32-30(35)28(21-25-9-6-5-7-10-25)33(22-26-11-8-12-27(31)20-26)29(34)18-17-24-15-13-23(2)14-16-24/h5-16,20,28H,3-4,17-19,21-22H2,1-2H3,(H,32,35)/t28-/m1/s1. The second-order valence-electron chi connectivity index (χ2n) is 8.99. The number of nitrogens with one attached hydrogen (secondary N) is 1. The Balaban J connectivity index is 1.87. The summed E-state index contributed by atoms with van der Waals surface area (Å²) in [6.45, 7) is 5.15. The van der Waals surface area contributed by atoms with Crippen LogP contribution in [-0.2, 0) is 29.0 Å². The summed E-state index contributed by atoms with van der Waals surface area (Å²) in [5, 5.41) is 3.07. The summed E-state index contributed by atoms with van der Waals surface area (Å²) in [6.07, 6.45) is 3.38. The lowest BCUT2D eigenvalue weighted by molar-refractivity contribution is -0.141. The van der Waals surface area contributed by atoms with Crippen molar-refractivity contribution in [2.45, 2.75) is 58.5 Å². The number of carbonyl (C=O) groups is 2. The maximum Gasteiger partial charge on any atom is 0.243 e. The number of hydrogen-bond acceptors (Lipinski definition) is 2. The largest absolute Gasteiger partial charge is 0.354 e. The third-order valence-electron chi connectivity index (χ3n) is 6.09. The molecule has 0 spiro atoms. The van der Waals surface area contributed by atoms with Gasteiger partial charge in [0.25, 0.3) is 0 Å². The first-order valence-corrected chi connectivity index (χ1v) is 13.2. The average Bonchev–Trinajstić information content (AvgIpc) is 2.86. The monoisotopic (exact) mass is 534 g/mol. The van der Waals surface area contributed by atoms with Gasteiger partial charge in [-0.05, 0) is 48.6 Å². The summed E-state index contributed by atoms with van der Waals surface area (Å²) in [4.78, 5) is 28.9. The van der Waals surface area contributed by atoms with Crippen molar-refractivity contribution >= 4 is 27.7 Å². The number of unbranched alkanes of at least 4 members (excludes halogenated alkanes) is 1. The zero-order valence-electron chi connectivity index (χ0n) is 20.7. The van der Waals surface area contributed by atoms with E-state index in [1.165, 1.54) is 5.56 Å². The molecule has 0 radical (unpaired) electrons. The Bertz CT molecular complexity index is 1080. The van der Waals surface area contributed by atoms with Crippen LogP contribution in [0.2, 0.25) is 0 Å². The smallest absolute Gasteiger partial charge is 0.243 e. The number of benzene rings is 3. The maximum atomic E-state index is 13.7. The molecule has 0 heterocycles. The topological polar surface area (TPSA) is 49.4 Å². The van der Waals surface area contributed by atoms with Crippen molar-refractivity contribution in [3.63, 3.8) is 0 Å². The first-order valence-electron chi connectivity index (χ1n) is 12.4. The minimum atomic E-state index is -0.584. The Morgan fingerprint density at radius 1 is 0.914 bits per heavy atom. The molecule has 0 fully saturated rings. The second kappa shape index (κ2) is 13.8. The van der Waals surface area contributed by atoms with Crippen LogP contribution >= 0.6 is 15.9 Å². The van der Waals surface area contributed by atoms with E-state index >= 15 is 0 Å². The van der Waals surface area contributed by atoms with Gasteiger partial charge in [0.15, 0.2) is 0 Å². The van der Waals surface area contributed by atoms with Gasteiger partial charge in [-0.15, -0.1) is 0 Å². The first-order chi connectivity index (χ1) is 17.0. The Kier molecular flexibility index (Phi) is 10.5. The minimum Gasteiger partial charge on any atom is -0.354 e. The van der Waals surface area contributed by atoms with Gasteiger partial charge in [-0.2, -0.15) is 0 Å². The highest BCUT2D eigenvalue weighted by Gasteiger charge is 2.30. The highest BCUT2D eigenvalue weighted by Crippen LogP contribution is 2.19. The molecule has 4 nitrogen and oxygen atoms in total. The second-order valence-corrected chi connectivity index (χ2v) is 9.90. The third-order valence-corrected chi connectivity index (χ3v) is 6.58. The number of halogens is 1. The summed E-state index contributed by atoms with van der Waals surface area (Å²) in [5.74, 6) is -0.113. The normalized spacial score (nSPS) is 11.6. The van der Waals surface area contributed by atoms with E-state index < -0.39 is 6.04 Å². The van der Waals surface area contributed by atoms with Crippen LogP contribution in [0, 0.1) is 6.92 Å². The van der Waals surface area contributed by atoms with Crippen LogP contribution in [0.3, 0.4) is 0 Å². The Morgan fingerprint density at radius 3 is 2.31 bits per heavy atom. The molecule has 0 bridgehead atoms. The van der Waals surface area contributed by atoms with Gasteiger partial charge in [0.1, 0.15) is 6.04 Å². The lowest BCUT2D eigenvalue weighted by atomic mass is 10.0. The van der Waals surface area contributed by atoms with Gasteiger partial charge < -0.3 is 10.2 Å². The lowest BCUT2D eigenvalue weighted by Gasteiger charge is -2.32. The fraction of sp³-hybridized carbons (Fsp3) is 0.333. The van der Waals surface area contributed by atoms with E-state index in [9.17, 15) is 9.59 Å². The molecule has 3 aromatic carbocycles. The van der Waals surface area contributed by atoms with Crippen LogP contribution in [-0.4, -0.2) is 29.3 Å². The summed E-state index contributed by atoms with van der Waals surface area (Å²) in [5.41, 5.74) is 4.34. The molecule has 2 amide bonds. The van der Waals surface area contributed by atoms with Gasteiger partial charge in [0.05, 0.1) is 0 Å². The molecule has 184 valence electrons. The number of rotatable bonds is 12. The van der Waals surface area contributed by atoms with Crippen LogP contribution < -0.4 is 5.32 Å². The summed E-state index contributed by atoms with van der Waals surface area (Å²) in [7, 11) is 0. The third kappa shape index (κ3) is 8.66.